The molecule has 7 heteroatoms. The maximum atomic E-state index is 12.9. The first-order valence-corrected chi connectivity index (χ1v) is 7.10. The van der Waals surface area contributed by atoms with Crippen LogP contribution in [0.25, 0.3) is 10.9 Å². The molecule has 0 amide bonds. The number of hydrogen-bond donors (Lipinski definition) is 0. The molecule has 0 saturated carbocycles. The fraction of sp³-hybridized carbons (Fsp3) is 0.375. The Balaban J connectivity index is 2.81. The number of pyridine rings is 1. The molecule has 0 aliphatic rings. The van der Waals surface area contributed by atoms with Gasteiger partial charge in [0, 0.05) is 17.6 Å². The van der Waals surface area contributed by atoms with Crippen molar-refractivity contribution in [2.75, 3.05) is 6.61 Å². The second-order valence-corrected chi connectivity index (χ2v) is 5.32. The minimum Gasteiger partial charge on any atom is -0.462 e. The van der Waals surface area contributed by atoms with Crippen LogP contribution in [0.15, 0.2) is 29.2 Å². The molecule has 0 aliphatic carbocycles. The van der Waals surface area contributed by atoms with Crippen molar-refractivity contribution in [3.63, 3.8) is 0 Å². The molecular formula is C16H16F3NO3. The van der Waals surface area contributed by atoms with Crippen LogP contribution in [0.3, 0.4) is 0 Å². The summed E-state index contributed by atoms with van der Waals surface area (Å²) < 4.78 is 45.0. The lowest BCUT2D eigenvalue weighted by molar-refractivity contribution is -0.137. The molecule has 1 aromatic carbocycles. The third kappa shape index (κ3) is 3.23. The van der Waals surface area contributed by atoms with E-state index in [-0.39, 0.29) is 29.1 Å². The molecule has 0 fully saturated rings. The summed E-state index contributed by atoms with van der Waals surface area (Å²) in [6.07, 6.45) is -3.25. The van der Waals surface area contributed by atoms with E-state index in [1.807, 2.05) is 0 Å². The Bertz CT molecular complexity index is 807. The molecule has 1 aromatic heterocycles. The number of rotatable bonds is 3. The molecule has 2 aromatic rings. The van der Waals surface area contributed by atoms with Gasteiger partial charge in [0.05, 0.1) is 17.7 Å². The van der Waals surface area contributed by atoms with Gasteiger partial charge >= 0.3 is 12.1 Å². The van der Waals surface area contributed by atoms with Crippen molar-refractivity contribution in [3.8, 4) is 0 Å². The molecule has 0 saturated heterocycles. The van der Waals surface area contributed by atoms with E-state index in [0.29, 0.717) is 0 Å². The van der Waals surface area contributed by atoms with Crippen molar-refractivity contribution in [3.05, 3.63) is 45.7 Å². The van der Waals surface area contributed by atoms with Gasteiger partial charge in [-0.2, -0.15) is 13.2 Å². The summed E-state index contributed by atoms with van der Waals surface area (Å²) in [5.74, 6) is -0.784. The minimum atomic E-state index is -4.51. The third-order valence-corrected chi connectivity index (χ3v) is 3.41. The first kappa shape index (κ1) is 17.1. The van der Waals surface area contributed by atoms with Gasteiger partial charge in [-0.25, -0.2) is 4.79 Å². The topological polar surface area (TPSA) is 48.3 Å². The Labute approximate surface area is 130 Å². The second-order valence-electron chi connectivity index (χ2n) is 5.32. The van der Waals surface area contributed by atoms with Crippen LogP contribution < -0.4 is 5.43 Å². The van der Waals surface area contributed by atoms with E-state index in [0.717, 1.165) is 18.2 Å². The molecule has 0 spiro atoms. The summed E-state index contributed by atoms with van der Waals surface area (Å²) in [5, 5.41) is 0.0530. The van der Waals surface area contributed by atoms with Gasteiger partial charge in [0.1, 0.15) is 5.56 Å². The third-order valence-electron chi connectivity index (χ3n) is 3.41. The zero-order chi connectivity index (χ0) is 17.4. The Morgan fingerprint density at radius 2 is 1.96 bits per heavy atom. The fourth-order valence-electron chi connectivity index (χ4n) is 2.31. The summed E-state index contributed by atoms with van der Waals surface area (Å²) >= 11 is 0. The summed E-state index contributed by atoms with van der Waals surface area (Å²) in [6, 6.07) is 2.62. The second kappa shape index (κ2) is 6.06. The first-order valence-electron chi connectivity index (χ1n) is 7.10. The van der Waals surface area contributed by atoms with Crippen molar-refractivity contribution in [2.24, 2.45) is 0 Å². The number of ether oxygens (including phenoxy) is 1. The van der Waals surface area contributed by atoms with Crippen molar-refractivity contribution in [1.29, 1.82) is 0 Å². The number of carbonyl (C=O) groups excluding carboxylic acids is 1. The molecule has 0 radical (unpaired) electrons. The predicted octanol–water partition coefficient (Wildman–Crippen LogP) is 3.78. The largest absolute Gasteiger partial charge is 0.462 e. The number of alkyl halides is 3. The van der Waals surface area contributed by atoms with Gasteiger partial charge in [-0.15, -0.1) is 0 Å². The van der Waals surface area contributed by atoms with Crippen LogP contribution in [0.4, 0.5) is 13.2 Å². The summed E-state index contributed by atoms with van der Waals surface area (Å²) in [4.78, 5) is 24.3. The van der Waals surface area contributed by atoms with Crippen molar-refractivity contribution >= 4 is 16.9 Å². The van der Waals surface area contributed by atoms with Crippen molar-refractivity contribution in [1.82, 2.24) is 4.57 Å². The highest BCUT2D eigenvalue weighted by Gasteiger charge is 2.31. The lowest BCUT2D eigenvalue weighted by Gasteiger charge is -2.17. The van der Waals surface area contributed by atoms with Crippen LogP contribution in [0.5, 0.6) is 0 Å². The van der Waals surface area contributed by atoms with Crippen LogP contribution in [0, 0.1) is 0 Å². The Morgan fingerprint density at radius 3 is 2.48 bits per heavy atom. The number of carbonyl (C=O) groups is 1. The van der Waals surface area contributed by atoms with Crippen LogP contribution in [-0.4, -0.2) is 17.1 Å². The minimum absolute atomic E-state index is 0.0530. The van der Waals surface area contributed by atoms with E-state index in [1.54, 1.807) is 20.8 Å². The van der Waals surface area contributed by atoms with E-state index in [9.17, 15) is 22.8 Å². The van der Waals surface area contributed by atoms with Gasteiger partial charge in [0.2, 0.25) is 5.43 Å². The zero-order valence-electron chi connectivity index (χ0n) is 12.9. The molecule has 4 nitrogen and oxygen atoms in total. The summed E-state index contributed by atoms with van der Waals surface area (Å²) in [5.41, 5.74) is -1.53. The Kier molecular flexibility index (Phi) is 4.49. The zero-order valence-corrected chi connectivity index (χ0v) is 12.9. The molecule has 23 heavy (non-hydrogen) atoms. The average Bonchev–Trinajstić information content (AvgIpc) is 2.46. The van der Waals surface area contributed by atoms with Crippen LogP contribution >= 0.6 is 0 Å². The number of halogens is 3. The number of benzene rings is 1. The number of hydrogen-bond acceptors (Lipinski definition) is 3. The van der Waals surface area contributed by atoms with Gasteiger partial charge in [-0.3, -0.25) is 4.79 Å². The molecule has 1 heterocycles. The molecule has 124 valence electrons. The maximum Gasteiger partial charge on any atom is 0.416 e. The molecule has 0 N–H and O–H groups in total. The fourth-order valence-corrected chi connectivity index (χ4v) is 2.31. The van der Waals surface area contributed by atoms with E-state index in [1.165, 1.54) is 10.8 Å². The SMILES string of the molecule is CCOC(=O)c1cn(C(C)C)c2cc(C(F)(F)F)ccc2c1=O. The Hall–Kier alpha value is -2.31. The Morgan fingerprint density at radius 1 is 1.30 bits per heavy atom. The van der Waals surface area contributed by atoms with Crippen LogP contribution in [0.2, 0.25) is 0 Å². The van der Waals surface area contributed by atoms with Gasteiger partial charge < -0.3 is 9.30 Å². The average molecular weight is 327 g/mol. The lowest BCUT2D eigenvalue weighted by atomic mass is 10.1. The molecule has 0 unspecified atom stereocenters. The number of aromatic nitrogens is 1. The van der Waals surface area contributed by atoms with E-state index >= 15 is 0 Å². The van der Waals surface area contributed by atoms with E-state index in [4.69, 9.17) is 4.74 Å². The monoisotopic (exact) mass is 327 g/mol. The molecule has 2 rings (SSSR count). The summed E-state index contributed by atoms with van der Waals surface area (Å²) in [7, 11) is 0. The highest BCUT2D eigenvalue weighted by molar-refractivity contribution is 5.94. The van der Waals surface area contributed by atoms with Crippen LogP contribution in [0.1, 0.15) is 42.7 Å². The molecule has 0 bridgehead atoms. The van der Waals surface area contributed by atoms with E-state index in [2.05, 4.69) is 0 Å². The maximum absolute atomic E-state index is 12.9. The number of esters is 1. The molecular weight excluding hydrogens is 311 g/mol. The molecule has 0 atom stereocenters. The van der Waals surface area contributed by atoms with Gasteiger partial charge in [0.15, 0.2) is 0 Å². The summed E-state index contributed by atoms with van der Waals surface area (Å²) in [6.45, 7) is 5.21. The van der Waals surface area contributed by atoms with Gasteiger partial charge in [-0.1, -0.05) is 0 Å². The number of nitrogens with zero attached hydrogens (tertiary/aromatic N) is 1. The van der Waals surface area contributed by atoms with Gasteiger partial charge in [-0.05, 0) is 39.0 Å². The molecule has 0 aliphatic heterocycles. The first-order chi connectivity index (χ1) is 10.7. The quantitative estimate of drug-likeness (QED) is 0.806. The van der Waals surface area contributed by atoms with Crippen molar-refractivity contribution in [2.45, 2.75) is 33.0 Å². The van der Waals surface area contributed by atoms with E-state index < -0.39 is 23.1 Å². The normalized spacial score (nSPS) is 12.0. The predicted molar refractivity (Wildman–Crippen MR) is 79.6 cm³/mol. The van der Waals surface area contributed by atoms with Crippen molar-refractivity contribution < 1.29 is 22.7 Å². The highest BCUT2D eigenvalue weighted by Crippen LogP contribution is 2.31. The number of fused-ring (bicyclic) bond motifs is 1. The van der Waals surface area contributed by atoms with Crippen LogP contribution in [-0.2, 0) is 10.9 Å². The van der Waals surface area contributed by atoms with Gasteiger partial charge in [0.25, 0.3) is 0 Å². The standard InChI is InChI=1S/C16H16F3NO3/c1-4-23-15(22)12-8-20(9(2)3)13-7-10(16(17,18)19)5-6-11(13)14(12)21/h5-9H,4H2,1-3H3. The lowest BCUT2D eigenvalue weighted by Crippen LogP contribution is -2.22. The smallest absolute Gasteiger partial charge is 0.416 e. The highest BCUT2D eigenvalue weighted by atomic mass is 19.4.